The van der Waals surface area contributed by atoms with Crippen LogP contribution in [0.2, 0.25) is 6.32 Å². The quantitative estimate of drug-likeness (QED) is 0.460. The first-order valence-corrected chi connectivity index (χ1v) is 13.2. The Labute approximate surface area is 190 Å². The van der Waals surface area contributed by atoms with E-state index in [1.165, 1.54) is 5.57 Å². The molecule has 0 aromatic heterocycles. The van der Waals surface area contributed by atoms with Crippen molar-refractivity contribution >= 4 is 33.8 Å². The Kier molecular flexibility index (Phi) is 6.79. The highest BCUT2D eigenvalue weighted by atomic mass is 32.2. The fourth-order valence-electron chi connectivity index (χ4n) is 5.15. The van der Waals surface area contributed by atoms with Crippen molar-refractivity contribution in [3.8, 4) is 5.75 Å². The van der Waals surface area contributed by atoms with Crippen molar-refractivity contribution in [1.29, 1.82) is 0 Å². The zero-order valence-corrected chi connectivity index (χ0v) is 19.6. The first-order chi connectivity index (χ1) is 15.3. The van der Waals surface area contributed by atoms with E-state index in [0.29, 0.717) is 12.8 Å². The second-order valence-electron chi connectivity index (χ2n) is 8.83. The number of rotatable bonds is 7. The molecule has 2 N–H and O–H groups in total. The Bertz CT molecular complexity index is 1170. The highest BCUT2D eigenvalue weighted by Crippen LogP contribution is 2.40. The number of hydrogen-bond acceptors (Lipinski definition) is 5. The Morgan fingerprint density at radius 2 is 1.91 bits per heavy atom. The van der Waals surface area contributed by atoms with E-state index >= 15 is 0 Å². The molecule has 0 spiro atoms. The van der Waals surface area contributed by atoms with E-state index < -0.39 is 22.2 Å². The summed E-state index contributed by atoms with van der Waals surface area (Å²) in [5, 5.41) is 21.6. The van der Waals surface area contributed by atoms with Gasteiger partial charge in [0.2, 0.25) is 0 Å². The monoisotopic (exact) mass is 454 g/mol. The fourth-order valence-corrected chi connectivity index (χ4v) is 7.37. The van der Waals surface area contributed by atoms with Crippen molar-refractivity contribution < 1.29 is 23.2 Å². The molecule has 7 heteroatoms. The Morgan fingerprint density at radius 3 is 2.62 bits per heavy atom. The molecular formula is C25H31BO5S. The molecule has 2 aliphatic rings. The molecule has 2 aromatic rings. The second kappa shape index (κ2) is 9.42. The van der Waals surface area contributed by atoms with E-state index in [9.17, 15) is 18.5 Å². The van der Waals surface area contributed by atoms with Crippen LogP contribution in [-0.4, -0.2) is 42.8 Å². The van der Waals surface area contributed by atoms with Crippen LogP contribution in [0.3, 0.4) is 0 Å². The molecule has 2 aliphatic heterocycles. The maximum Gasteiger partial charge on any atom is 0.456 e. The van der Waals surface area contributed by atoms with Gasteiger partial charge in [0.25, 0.3) is 0 Å². The van der Waals surface area contributed by atoms with E-state index in [2.05, 4.69) is 13.0 Å². The molecular weight excluding hydrogens is 423 g/mol. The lowest BCUT2D eigenvalue weighted by atomic mass is 9.74. The molecule has 4 rings (SSSR count). The molecule has 0 bridgehead atoms. The molecule has 2 heterocycles. The predicted molar refractivity (Wildman–Crippen MR) is 130 cm³/mol. The normalized spacial score (nSPS) is 23.1. The van der Waals surface area contributed by atoms with Gasteiger partial charge in [-0.15, -0.1) is 0 Å². The average molecular weight is 454 g/mol. The average Bonchev–Trinajstić information content (AvgIpc) is 3.04. The van der Waals surface area contributed by atoms with Gasteiger partial charge in [-0.2, -0.15) is 0 Å². The van der Waals surface area contributed by atoms with Crippen LogP contribution < -0.4 is 0 Å². The van der Waals surface area contributed by atoms with Crippen molar-refractivity contribution in [1.82, 2.24) is 0 Å². The highest BCUT2D eigenvalue weighted by Gasteiger charge is 2.47. The molecule has 5 nitrogen and oxygen atoms in total. The molecule has 32 heavy (non-hydrogen) atoms. The molecule has 2 atom stereocenters. The summed E-state index contributed by atoms with van der Waals surface area (Å²) in [6.07, 6.45) is 5.96. The van der Waals surface area contributed by atoms with Gasteiger partial charge in [-0.05, 0) is 48.3 Å². The number of benzene rings is 2. The van der Waals surface area contributed by atoms with E-state index in [1.807, 2.05) is 37.3 Å². The summed E-state index contributed by atoms with van der Waals surface area (Å²) in [7, 11) is -4.29. The SMILES string of the molecule is CCC/C(=C\c1ccc(O)c2ccccc12)CC[C@H]1OB(O)C[C@H]2C1=C(CC)CS2(=O)=O. The van der Waals surface area contributed by atoms with Gasteiger partial charge in [0.05, 0.1) is 17.1 Å². The summed E-state index contributed by atoms with van der Waals surface area (Å²) < 4.78 is 31.2. The Morgan fingerprint density at radius 1 is 1.16 bits per heavy atom. The minimum atomic E-state index is -3.25. The van der Waals surface area contributed by atoms with E-state index in [4.69, 9.17) is 4.65 Å². The predicted octanol–water partition coefficient (Wildman–Crippen LogP) is 4.89. The van der Waals surface area contributed by atoms with Crippen molar-refractivity contribution in [2.45, 2.75) is 63.6 Å². The van der Waals surface area contributed by atoms with E-state index in [0.717, 1.165) is 46.7 Å². The van der Waals surface area contributed by atoms with Crippen LogP contribution in [0.4, 0.5) is 0 Å². The molecule has 0 unspecified atom stereocenters. The third kappa shape index (κ3) is 4.52. The van der Waals surface area contributed by atoms with Gasteiger partial charge >= 0.3 is 7.12 Å². The largest absolute Gasteiger partial charge is 0.507 e. The van der Waals surface area contributed by atoms with E-state index in [1.54, 1.807) is 6.07 Å². The number of aromatic hydroxyl groups is 1. The van der Waals surface area contributed by atoms with Crippen LogP contribution in [0.1, 0.15) is 51.5 Å². The number of sulfone groups is 1. The maximum atomic E-state index is 12.7. The molecule has 0 radical (unpaired) electrons. The second-order valence-corrected chi connectivity index (χ2v) is 11.0. The third-order valence-electron chi connectivity index (χ3n) is 6.67. The van der Waals surface area contributed by atoms with Crippen molar-refractivity contribution in [3.05, 3.63) is 58.7 Å². The maximum absolute atomic E-state index is 12.7. The molecule has 2 aromatic carbocycles. The molecule has 0 saturated carbocycles. The standard InChI is InChI=1S/C25H31BO5S/c1-3-7-17(14-19-11-12-22(27)21-9-6-5-8-20(19)21)10-13-23-25-18(4-2)16-32(29,30)24(25)15-26(28)31-23/h5-6,8-9,11-12,14,23-24,27-28H,3-4,7,10,13,15-16H2,1-2H3/b17-14+/t23-,24+/m1/s1. The van der Waals surface area contributed by atoms with E-state index in [-0.39, 0.29) is 23.9 Å². The number of phenolic OH excluding ortho intramolecular Hbond substituents is 1. The minimum absolute atomic E-state index is 0.0905. The van der Waals surface area contributed by atoms with Crippen molar-refractivity contribution in [3.63, 3.8) is 0 Å². The van der Waals surface area contributed by atoms with Crippen LogP contribution in [0, 0.1) is 0 Å². The first-order valence-electron chi connectivity index (χ1n) is 11.5. The minimum Gasteiger partial charge on any atom is -0.507 e. The number of fused-ring (bicyclic) bond motifs is 2. The first kappa shape index (κ1) is 23.1. The lowest BCUT2D eigenvalue weighted by Crippen LogP contribution is -2.41. The summed E-state index contributed by atoms with van der Waals surface area (Å²) in [6, 6.07) is 11.5. The summed E-state index contributed by atoms with van der Waals surface area (Å²) in [4.78, 5) is 0. The van der Waals surface area contributed by atoms with Gasteiger partial charge < -0.3 is 14.8 Å². The highest BCUT2D eigenvalue weighted by molar-refractivity contribution is 7.92. The van der Waals surface area contributed by atoms with Crippen LogP contribution in [0.15, 0.2) is 53.1 Å². The van der Waals surface area contributed by atoms with Gasteiger partial charge in [0.1, 0.15) is 5.75 Å². The van der Waals surface area contributed by atoms with Gasteiger partial charge in [-0.3, -0.25) is 0 Å². The fraction of sp³-hybridized carbons (Fsp3) is 0.440. The Hall–Kier alpha value is -2.09. The topological polar surface area (TPSA) is 83.8 Å². The van der Waals surface area contributed by atoms with Crippen molar-refractivity contribution in [2.24, 2.45) is 0 Å². The summed E-state index contributed by atoms with van der Waals surface area (Å²) in [5.74, 6) is 0.361. The van der Waals surface area contributed by atoms with Gasteiger partial charge in [-0.25, -0.2) is 8.42 Å². The summed E-state index contributed by atoms with van der Waals surface area (Å²) >= 11 is 0. The number of hydrogen-bond donors (Lipinski definition) is 2. The lowest BCUT2D eigenvalue weighted by molar-refractivity contribution is 0.169. The smallest absolute Gasteiger partial charge is 0.456 e. The van der Waals surface area contributed by atoms with Crippen LogP contribution in [0.25, 0.3) is 16.8 Å². The zero-order chi connectivity index (χ0) is 22.9. The number of allylic oxidation sites excluding steroid dienone is 1. The molecule has 0 amide bonds. The molecule has 0 aliphatic carbocycles. The van der Waals surface area contributed by atoms with Crippen LogP contribution in [0.5, 0.6) is 5.75 Å². The van der Waals surface area contributed by atoms with Gasteiger partial charge in [-0.1, -0.05) is 67.8 Å². The van der Waals surface area contributed by atoms with Gasteiger partial charge in [0.15, 0.2) is 9.84 Å². The molecule has 170 valence electrons. The summed E-state index contributed by atoms with van der Waals surface area (Å²) in [6.45, 7) is 4.13. The third-order valence-corrected chi connectivity index (χ3v) is 8.73. The lowest BCUT2D eigenvalue weighted by Gasteiger charge is -2.32. The molecule has 1 fully saturated rings. The summed E-state index contributed by atoms with van der Waals surface area (Å²) in [5.41, 5.74) is 4.16. The zero-order valence-electron chi connectivity index (χ0n) is 18.8. The van der Waals surface area contributed by atoms with Crippen LogP contribution >= 0.6 is 0 Å². The molecule has 1 saturated heterocycles. The van der Waals surface area contributed by atoms with Crippen LogP contribution in [-0.2, 0) is 14.5 Å². The van der Waals surface area contributed by atoms with Crippen molar-refractivity contribution in [2.75, 3.05) is 5.75 Å². The van der Waals surface area contributed by atoms with Gasteiger partial charge in [0, 0.05) is 11.7 Å². The Balaban J connectivity index is 1.61. The number of phenols is 1.